The fraction of sp³-hybridized carbons (Fsp3) is 0.543. The molecule has 1 aromatic heterocycles. The van der Waals surface area contributed by atoms with Crippen molar-refractivity contribution >= 4 is 27.7 Å². The molecule has 1 unspecified atom stereocenters. The molecule has 53 heavy (non-hydrogen) atoms. The molecular weight excluding hydrogens is 717 g/mol. The number of nitrogens with one attached hydrogen (secondary N) is 3. The Morgan fingerprint density at radius 1 is 1.06 bits per heavy atom. The molecule has 3 aliphatic rings. The molecule has 2 heterocycles. The number of ether oxygens (including phenoxy) is 1. The lowest BCUT2D eigenvalue weighted by molar-refractivity contribution is -0.143. The number of amides is 3. The van der Waals surface area contributed by atoms with Gasteiger partial charge in [-0.15, -0.1) is 10.2 Å². The van der Waals surface area contributed by atoms with Gasteiger partial charge >= 0.3 is 0 Å². The summed E-state index contributed by atoms with van der Waals surface area (Å²) in [5.41, 5.74) is -1.38. The molecule has 0 radical (unpaired) electrons. The van der Waals surface area contributed by atoms with E-state index in [4.69, 9.17) is 4.74 Å². The Hall–Kier alpha value is -4.58. The van der Waals surface area contributed by atoms with Crippen molar-refractivity contribution in [3.63, 3.8) is 0 Å². The van der Waals surface area contributed by atoms with E-state index in [2.05, 4.69) is 26.0 Å². The third-order valence-corrected chi connectivity index (χ3v) is 11.8. The van der Waals surface area contributed by atoms with Gasteiger partial charge < -0.3 is 20.3 Å². The number of carbonyl (C=O) groups excluding carboxylic acids is 3. The first-order valence-electron chi connectivity index (χ1n) is 17.4. The van der Waals surface area contributed by atoms with Crippen LogP contribution in [0.15, 0.2) is 48.5 Å². The molecule has 2 saturated carbocycles. The number of methoxy groups -OCH3 is 1. The Bertz CT molecular complexity index is 1940. The average Bonchev–Trinajstić information content (AvgIpc) is 4.00. The first-order chi connectivity index (χ1) is 25.0. The summed E-state index contributed by atoms with van der Waals surface area (Å²) >= 11 is 0. The maximum absolute atomic E-state index is 14.5. The first-order valence-corrected chi connectivity index (χ1v) is 19.0. The topological polar surface area (TPSA) is 178 Å². The third-order valence-electron chi connectivity index (χ3n) is 10.0. The number of hydrogen-bond donors (Lipinski definition) is 3. The van der Waals surface area contributed by atoms with Gasteiger partial charge in [-0.2, -0.15) is 4.80 Å². The van der Waals surface area contributed by atoms with E-state index in [1.165, 1.54) is 28.9 Å². The summed E-state index contributed by atoms with van der Waals surface area (Å²) < 4.78 is 73.9. The number of rotatable bonds is 14. The summed E-state index contributed by atoms with van der Waals surface area (Å²) in [5.74, 6) is -3.68. The highest BCUT2D eigenvalue weighted by molar-refractivity contribution is 7.91. The van der Waals surface area contributed by atoms with E-state index in [9.17, 15) is 36.0 Å². The highest BCUT2D eigenvalue weighted by Crippen LogP contribution is 2.48. The standard InChI is InChI=1S/C35H43F3N8O6S/c1-34(2,3)28(39-16-15-20-5-9-22(36)10-6-20)32(48)45-19-23(46-42-30(41-44-46)21-7-11-24(52-4)12-8-21)17-27(45)31(47)40-35(18-26(35)29(37)38)33(49)43-53(50,51)25-13-14-25/h5-12,23,25-29,39H,13-19H2,1-4H3,(H,40,47)(H,43,49)/t23-,26+,27?,28-,35-/m1/s1. The van der Waals surface area contributed by atoms with Crippen molar-refractivity contribution < 1.29 is 40.7 Å². The molecule has 3 amide bonds. The van der Waals surface area contributed by atoms with Gasteiger partial charge in [-0.3, -0.25) is 19.1 Å². The van der Waals surface area contributed by atoms with Gasteiger partial charge in [0.05, 0.1) is 30.4 Å². The molecule has 5 atom stereocenters. The quantitative estimate of drug-likeness (QED) is 0.222. The largest absolute Gasteiger partial charge is 0.497 e. The fourth-order valence-corrected chi connectivity index (χ4v) is 8.05. The fourth-order valence-electron chi connectivity index (χ4n) is 6.69. The second kappa shape index (κ2) is 14.7. The number of benzene rings is 2. The summed E-state index contributed by atoms with van der Waals surface area (Å²) in [6, 6.07) is 10.2. The molecule has 2 aliphatic carbocycles. The van der Waals surface area contributed by atoms with Crippen molar-refractivity contribution in [2.45, 2.75) is 88.2 Å². The van der Waals surface area contributed by atoms with E-state index in [1.54, 1.807) is 36.4 Å². The lowest BCUT2D eigenvalue weighted by Crippen LogP contribution is -2.60. The average molecular weight is 761 g/mol. The second-order valence-corrected chi connectivity index (χ2v) is 16.9. The van der Waals surface area contributed by atoms with Crippen LogP contribution in [0.2, 0.25) is 0 Å². The van der Waals surface area contributed by atoms with E-state index in [-0.39, 0.29) is 24.6 Å². The zero-order chi connectivity index (χ0) is 38.3. The van der Waals surface area contributed by atoms with Crippen LogP contribution in [-0.2, 0) is 30.8 Å². The molecule has 0 bridgehead atoms. The Labute approximate surface area is 305 Å². The van der Waals surface area contributed by atoms with Crippen molar-refractivity contribution in [3.05, 3.63) is 59.9 Å². The summed E-state index contributed by atoms with van der Waals surface area (Å²) in [5, 5.41) is 17.8. The van der Waals surface area contributed by atoms with Gasteiger partial charge in [0.25, 0.3) is 5.91 Å². The van der Waals surface area contributed by atoms with Crippen LogP contribution in [0.5, 0.6) is 5.75 Å². The monoisotopic (exact) mass is 760 g/mol. The lowest BCUT2D eigenvalue weighted by atomic mass is 9.85. The van der Waals surface area contributed by atoms with Crippen molar-refractivity contribution in [2.75, 3.05) is 20.2 Å². The van der Waals surface area contributed by atoms with Gasteiger partial charge in [-0.1, -0.05) is 32.9 Å². The van der Waals surface area contributed by atoms with E-state index >= 15 is 0 Å². The molecular formula is C35H43F3N8O6S. The van der Waals surface area contributed by atoms with Crippen molar-refractivity contribution in [2.24, 2.45) is 11.3 Å². The highest BCUT2D eigenvalue weighted by Gasteiger charge is 2.66. The molecule has 3 fully saturated rings. The molecule has 14 nitrogen and oxygen atoms in total. The lowest BCUT2D eigenvalue weighted by Gasteiger charge is -2.36. The number of alkyl halides is 2. The van der Waals surface area contributed by atoms with Crippen LogP contribution in [0.4, 0.5) is 13.2 Å². The zero-order valence-corrected chi connectivity index (χ0v) is 30.6. The van der Waals surface area contributed by atoms with Gasteiger partial charge in [-0.05, 0) is 84.8 Å². The van der Waals surface area contributed by atoms with Gasteiger partial charge in [0.15, 0.2) is 0 Å². The molecule has 2 aromatic carbocycles. The van der Waals surface area contributed by atoms with Crippen LogP contribution < -0.4 is 20.1 Å². The molecule has 3 N–H and O–H groups in total. The molecule has 0 spiro atoms. The van der Waals surface area contributed by atoms with Crippen LogP contribution >= 0.6 is 0 Å². The van der Waals surface area contributed by atoms with E-state index in [1.807, 2.05) is 25.5 Å². The molecule has 3 aromatic rings. The number of nitrogens with zero attached hydrogens (tertiary/aromatic N) is 5. The minimum Gasteiger partial charge on any atom is -0.497 e. The number of aromatic nitrogens is 4. The first kappa shape index (κ1) is 38.2. The van der Waals surface area contributed by atoms with Crippen molar-refractivity contribution in [1.82, 2.24) is 40.5 Å². The third kappa shape index (κ3) is 8.32. The minimum atomic E-state index is -4.11. The van der Waals surface area contributed by atoms with Crippen LogP contribution in [0.1, 0.15) is 58.1 Å². The van der Waals surface area contributed by atoms with Crippen molar-refractivity contribution in [1.29, 1.82) is 0 Å². The predicted molar refractivity (Wildman–Crippen MR) is 185 cm³/mol. The number of carbonyl (C=O) groups is 3. The molecule has 1 saturated heterocycles. The molecule has 1 aliphatic heterocycles. The Balaban J connectivity index is 1.26. The van der Waals surface area contributed by atoms with E-state index < -0.39 is 80.8 Å². The number of tetrazole rings is 1. The smallest absolute Gasteiger partial charge is 0.259 e. The summed E-state index contributed by atoms with van der Waals surface area (Å²) in [7, 11) is -2.57. The summed E-state index contributed by atoms with van der Waals surface area (Å²) in [6.45, 7) is 5.81. The second-order valence-electron chi connectivity index (χ2n) is 15.0. The number of halogens is 3. The van der Waals surface area contributed by atoms with Crippen LogP contribution in [0.25, 0.3) is 11.4 Å². The van der Waals surface area contributed by atoms with Gasteiger partial charge in [-0.25, -0.2) is 21.6 Å². The van der Waals surface area contributed by atoms with E-state index in [0.717, 1.165) is 5.56 Å². The Morgan fingerprint density at radius 2 is 1.74 bits per heavy atom. The summed E-state index contributed by atoms with van der Waals surface area (Å²) in [4.78, 5) is 44.6. The number of sulfonamides is 1. The highest BCUT2D eigenvalue weighted by atomic mass is 32.2. The number of hydrogen-bond acceptors (Lipinski definition) is 10. The van der Waals surface area contributed by atoms with Crippen LogP contribution in [0, 0.1) is 17.2 Å². The number of likely N-dealkylation sites (tertiary alicyclic amines) is 1. The van der Waals surface area contributed by atoms with Crippen LogP contribution in [0.3, 0.4) is 0 Å². The maximum Gasteiger partial charge on any atom is 0.259 e. The van der Waals surface area contributed by atoms with Gasteiger partial charge in [0, 0.05) is 18.5 Å². The molecule has 18 heteroatoms. The molecule has 6 rings (SSSR count). The zero-order valence-electron chi connectivity index (χ0n) is 29.8. The predicted octanol–water partition coefficient (Wildman–Crippen LogP) is 2.63. The van der Waals surface area contributed by atoms with Gasteiger partial charge in [0.1, 0.15) is 23.1 Å². The van der Waals surface area contributed by atoms with Gasteiger partial charge in [0.2, 0.25) is 34.1 Å². The minimum absolute atomic E-state index is 0.0557. The van der Waals surface area contributed by atoms with Crippen LogP contribution in [-0.4, -0.2) is 101 Å². The molecule has 286 valence electrons. The SMILES string of the molecule is COc1ccc(-c2nnn([C@@H]3CC(C(=O)N[C@]4(C(=O)NS(=O)(=O)C5CC5)C[C@H]4C(F)F)N(C(=O)[C@@H](NCCc4ccc(F)cc4)C(C)(C)C)C3)n2)cc1. The van der Waals surface area contributed by atoms with E-state index in [0.29, 0.717) is 37.1 Å². The normalized spacial score (nSPS) is 23.5. The van der Waals surface area contributed by atoms with Crippen molar-refractivity contribution in [3.8, 4) is 17.1 Å². The maximum atomic E-state index is 14.5. The Morgan fingerprint density at radius 3 is 2.32 bits per heavy atom. The summed E-state index contributed by atoms with van der Waals surface area (Å²) in [6.07, 6.45) is -2.41. The Kier molecular flexibility index (Phi) is 10.6.